The van der Waals surface area contributed by atoms with Gasteiger partial charge >= 0.3 is 5.97 Å². The van der Waals surface area contributed by atoms with Crippen molar-refractivity contribution in [3.63, 3.8) is 0 Å². The lowest BCUT2D eigenvalue weighted by Crippen LogP contribution is -2.16. The molecule has 0 aromatic carbocycles. The van der Waals surface area contributed by atoms with Gasteiger partial charge in [0.1, 0.15) is 11.9 Å². The average molecular weight is 184 g/mol. The van der Waals surface area contributed by atoms with Gasteiger partial charge in [-0.05, 0) is 19.9 Å². The molecule has 0 aliphatic rings. The van der Waals surface area contributed by atoms with E-state index in [1.165, 1.54) is 16.9 Å². The molecule has 1 aromatic heterocycles. The van der Waals surface area contributed by atoms with E-state index in [9.17, 15) is 4.79 Å². The van der Waals surface area contributed by atoms with Crippen molar-refractivity contribution in [2.24, 2.45) is 0 Å². The predicted octanol–water partition coefficient (Wildman–Crippen LogP) is 1.14. The van der Waals surface area contributed by atoms with Crippen LogP contribution in [0, 0.1) is 0 Å². The van der Waals surface area contributed by atoms with E-state index in [1.54, 1.807) is 6.92 Å². The van der Waals surface area contributed by atoms with Crippen LogP contribution in [-0.2, 0) is 4.74 Å². The van der Waals surface area contributed by atoms with Crippen LogP contribution >= 0.6 is 0 Å². The molecule has 1 unspecified atom stereocenters. The van der Waals surface area contributed by atoms with Gasteiger partial charge in [0, 0.05) is 12.8 Å². The zero-order valence-electron chi connectivity index (χ0n) is 7.60. The van der Waals surface area contributed by atoms with E-state index in [1.807, 2.05) is 6.92 Å². The highest BCUT2D eigenvalue weighted by atomic mass is 16.5. The van der Waals surface area contributed by atoms with Gasteiger partial charge in [-0.1, -0.05) is 0 Å². The number of carboxylic acids is 1. The van der Waals surface area contributed by atoms with Gasteiger partial charge in [0.15, 0.2) is 0 Å². The van der Waals surface area contributed by atoms with Crippen LogP contribution in [0.15, 0.2) is 12.3 Å². The van der Waals surface area contributed by atoms with Crippen LogP contribution in [-0.4, -0.2) is 27.5 Å². The van der Waals surface area contributed by atoms with E-state index in [0.29, 0.717) is 6.61 Å². The van der Waals surface area contributed by atoms with E-state index < -0.39 is 5.97 Å². The molecule has 0 radical (unpaired) electrons. The number of aromatic carboxylic acids is 1. The largest absolute Gasteiger partial charge is 0.477 e. The van der Waals surface area contributed by atoms with Crippen LogP contribution in [0.4, 0.5) is 0 Å². The first-order chi connectivity index (χ1) is 6.16. The molecule has 72 valence electrons. The van der Waals surface area contributed by atoms with Crippen molar-refractivity contribution < 1.29 is 14.6 Å². The zero-order chi connectivity index (χ0) is 9.84. The Kier molecular flexibility index (Phi) is 3.02. The average Bonchev–Trinajstić information content (AvgIpc) is 2.52. The summed E-state index contributed by atoms with van der Waals surface area (Å²) in [6.07, 6.45) is 1.10. The molecule has 5 nitrogen and oxygen atoms in total. The molecule has 0 aliphatic heterocycles. The van der Waals surface area contributed by atoms with E-state index in [4.69, 9.17) is 9.84 Å². The van der Waals surface area contributed by atoms with Gasteiger partial charge in [-0.2, -0.15) is 5.10 Å². The normalized spacial score (nSPS) is 12.8. The van der Waals surface area contributed by atoms with Crippen LogP contribution in [0.3, 0.4) is 0 Å². The van der Waals surface area contributed by atoms with Crippen molar-refractivity contribution in [1.82, 2.24) is 9.78 Å². The molecule has 0 saturated carbocycles. The molecule has 0 saturated heterocycles. The molecule has 5 heteroatoms. The van der Waals surface area contributed by atoms with E-state index in [0.717, 1.165) is 0 Å². The summed E-state index contributed by atoms with van der Waals surface area (Å²) < 4.78 is 6.55. The second-order valence-electron chi connectivity index (χ2n) is 2.52. The van der Waals surface area contributed by atoms with Gasteiger partial charge in [-0.3, -0.25) is 0 Å². The van der Waals surface area contributed by atoms with Crippen molar-refractivity contribution in [2.45, 2.75) is 20.1 Å². The highest BCUT2D eigenvalue weighted by Crippen LogP contribution is 2.09. The maximum atomic E-state index is 10.7. The van der Waals surface area contributed by atoms with Crippen molar-refractivity contribution >= 4 is 5.97 Å². The Morgan fingerprint density at radius 1 is 1.85 bits per heavy atom. The molecule has 1 N–H and O–H groups in total. The van der Waals surface area contributed by atoms with Gasteiger partial charge in [0.2, 0.25) is 0 Å². The number of nitrogens with zero attached hydrogens (tertiary/aromatic N) is 2. The van der Waals surface area contributed by atoms with Crippen molar-refractivity contribution in [3.05, 3.63) is 18.0 Å². The molecule has 0 amide bonds. The summed E-state index contributed by atoms with van der Waals surface area (Å²) in [5.74, 6) is -0.996. The summed E-state index contributed by atoms with van der Waals surface area (Å²) in [5, 5.41) is 12.6. The Labute approximate surface area is 75.9 Å². The van der Waals surface area contributed by atoms with Gasteiger partial charge < -0.3 is 9.84 Å². The first kappa shape index (κ1) is 9.73. The fraction of sp³-hybridized carbons (Fsp3) is 0.500. The number of rotatable bonds is 4. The summed E-state index contributed by atoms with van der Waals surface area (Å²) in [4.78, 5) is 10.7. The summed E-state index contributed by atoms with van der Waals surface area (Å²) in [6.45, 7) is 4.13. The molecule has 1 heterocycles. The molecule has 0 fully saturated rings. The number of hydrogen-bond acceptors (Lipinski definition) is 3. The SMILES string of the molecule is CCOC(C)n1nccc1C(=O)O. The van der Waals surface area contributed by atoms with Gasteiger partial charge in [0.05, 0.1) is 0 Å². The lowest BCUT2D eigenvalue weighted by atomic mass is 10.4. The van der Waals surface area contributed by atoms with Crippen LogP contribution in [0.1, 0.15) is 30.6 Å². The number of aromatic nitrogens is 2. The highest BCUT2D eigenvalue weighted by Gasteiger charge is 2.14. The Balaban J connectivity index is 2.86. The van der Waals surface area contributed by atoms with Crippen molar-refractivity contribution in [3.8, 4) is 0 Å². The maximum Gasteiger partial charge on any atom is 0.354 e. The minimum atomic E-state index is -0.996. The van der Waals surface area contributed by atoms with E-state index in [-0.39, 0.29) is 11.9 Å². The monoisotopic (exact) mass is 184 g/mol. The van der Waals surface area contributed by atoms with Crippen LogP contribution < -0.4 is 0 Å². The first-order valence-electron chi connectivity index (χ1n) is 4.05. The van der Waals surface area contributed by atoms with Crippen LogP contribution in [0.2, 0.25) is 0 Å². The molecule has 1 atom stereocenters. The van der Waals surface area contributed by atoms with E-state index >= 15 is 0 Å². The first-order valence-corrected chi connectivity index (χ1v) is 4.05. The van der Waals surface area contributed by atoms with Crippen LogP contribution in [0.5, 0.6) is 0 Å². The third-order valence-corrected chi connectivity index (χ3v) is 1.64. The Bertz CT molecular complexity index is 295. The lowest BCUT2D eigenvalue weighted by molar-refractivity contribution is 0.0121. The lowest BCUT2D eigenvalue weighted by Gasteiger charge is -2.13. The smallest absolute Gasteiger partial charge is 0.354 e. The number of carboxylic acid groups (broad SMARTS) is 1. The zero-order valence-corrected chi connectivity index (χ0v) is 7.60. The molecular weight excluding hydrogens is 172 g/mol. The third-order valence-electron chi connectivity index (χ3n) is 1.64. The summed E-state index contributed by atoms with van der Waals surface area (Å²) >= 11 is 0. The Hall–Kier alpha value is -1.36. The van der Waals surface area contributed by atoms with Crippen LogP contribution in [0.25, 0.3) is 0 Å². The molecule has 0 bridgehead atoms. The molecule has 13 heavy (non-hydrogen) atoms. The fourth-order valence-corrected chi connectivity index (χ4v) is 1.09. The minimum Gasteiger partial charge on any atom is -0.477 e. The van der Waals surface area contributed by atoms with E-state index in [2.05, 4.69) is 5.10 Å². The maximum absolute atomic E-state index is 10.7. The van der Waals surface area contributed by atoms with Gasteiger partial charge in [0.25, 0.3) is 0 Å². The standard InChI is InChI=1S/C8H12N2O3/c1-3-13-6(2)10-7(8(11)12)4-5-9-10/h4-6H,3H2,1-2H3,(H,11,12). The van der Waals surface area contributed by atoms with Crippen molar-refractivity contribution in [1.29, 1.82) is 0 Å². The molecule has 0 spiro atoms. The number of ether oxygens (including phenoxy) is 1. The second-order valence-corrected chi connectivity index (χ2v) is 2.52. The molecule has 1 rings (SSSR count). The summed E-state index contributed by atoms with van der Waals surface area (Å²) in [6, 6.07) is 1.44. The molecule has 0 aliphatic carbocycles. The summed E-state index contributed by atoms with van der Waals surface area (Å²) in [5.41, 5.74) is 0.140. The second kappa shape index (κ2) is 4.04. The molecular formula is C8H12N2O3. The Morgan fingerprint density at radius 3 is 3.08 bits per heavy atom. The Morgan fingerprint density at radius 2 is 2.54 bits per heavy atom. The van der Waals surface area contributed by atoms with Gasteiger partial charge in [-0.15, -0.1) is 0 Å². The quantitative estimate of drug-likeness (QED) is 0.762. The number of hydrogen-bond donors (Lipinski definition) is 1. The minimum absolute atomic E-state index is 0.140. The number of carbonyl (C=O) groups is 1. The topological polar surface area (TPSA) is 64.4 Å². The van der Waals surface area contributed by atoms with Crippen molar-refractivity contribution in [2.75, 3.05) is 6.61 Å². The molecule has 1 aromatic rings. The highest BCUT2D eigenvalue weighted by molar-refractivity contribution is 5.85. The third kappa shape index (κ3) is 2.06. The fourth-order valence-electron chi connectivity index (χ4n) is 1.09. The summed E-state index contributed by atoms with van der Waals surface area (Å²) in [7, 11) is 0. The van der Waals surface area contributed by atoms with Gasteiger partial charge in [-0.25, -0.2) is 9.48 Å². The predicted molar refractivity (Wildman–Crippen MR) is 45.5 cm³/mol.